The number of phenolic OH excluding ortho intramolecular Hbond substituents is 1. The molecule has 0 aliphatic heterocycles. The minimum atomic E-state index is -4.58. The molecule has 21 heavy (non-hydrogen) atoms. The van der Waals surface area contributed by atoms with Crippen LogP contribution in [0.4, 0.5) is 23.2 Å². The predicted molar refractivity (Wildman–Crippen MR) is 71.6 cm³/mol. The van der Waals surface area contributed by atoms with Crippen LogP contribution in [0.2, 0.25) is 0 Å². The summed E-state index contributed by atoms with van der Waals surface area (Å²) in [6.45, 7) is 1.74. The molecule has 0 fully saturated rings. The fourth-order valence-electron chi connectivity index (χ4n) is 1.84. The Bertz CT molecular complexity index is 653. The number of phenols is 1. The quantitative estimate of drug-likeness (QED) is 0.820. The third-order valence-electron chi connectivity index (χ3n) is 2.99. The van der Waals surface area contributed by atoms with Crippen LogP contribution in [0.3, 0.4) is 0 Å². The first-order chi connectivity index (χ1) is 9.75. The Balaban J connectivity index is 2.16. The molecule has 0 radical (unpaired) electrons. The molecule has 6 heteroatoms. The summed E-state index contributed by atoms with van der Waals surface area (Å²) < 4.78 is 51.0. The zero-order chi connectivity index (χ0) is 15.6. The van der Waals surface area contributed by atoms with Gasteiger partial charge in [-0.25, -0.2) is 4.39 Å². The van der Waals surface area contributed by atoms with Crippen LogP contribution in [-0.4, -0.2) is 5.11 Å². The Morgan fingerprint density at radius 2 is 1.81 bits per heavy atom. The van der Waals surface area contributed by atoms with Gasteiger partial charge in [-0.1, -0.05) is 6.07 Å². The summed E-state index contributed by atoms with van der Waals surface area (Å²) in [6, 6.07) is 7.20. The predicted octanol–water partition coefficient (Wildman–Crippen LogP) is 4.47. The van der Waals surface area contributed by atoms with Gasteiger partial charge in [-0.05, 0) is 42.3 Å². The molecule has 2 aromatic rings. The number of rotatable bonds is 3. The van der Waals surface area contributed by atoms with Crippen molar-refractivity contribution in [3.8, 4) is 5.75 Å². The fraction of sp³-hybridized carbons (Fsp3) is 0.200. The van der Waals surface area contributed by atoms with Crippen LogP contribution in [0.15, 0.2) is 36.4 Å². The zero-order valence-corrected chi connectivity index (χ0v) is 11.1. The molecule has 0 aromatic heterocycles. The molecule has 0 atom stereocenters. The number of nitrogens with one attached hydrogen (secondary N) is 1. The molecule has 0 spiro atoms. The zero-order valence-electron chi connectivity index (χ0n) is 11.1. The second-order valence-electron chi connectivity index (χ2n) is 4.70. The molecular formula is C15H13F4NO. The van der Waals surface area contributed by atoms with Gasteiger partial charge >= 0.3 is 6.18 Å². The number of aromatic hydroxyl groups is 1. The highest BCUT2D eigenvalue weighted by molar-refractivity contribution is 5.51. The molecule has 0 heterocycles. The van der Waals surface area contributed by atoms with Crippen molar-refractivity contribution in [2.24, 2.45) is 0 Å². The lowest BCUT2D eigenvalue weighted by atomic mass is 10.1. The Morgan fingerprint density at radius 1 is 1.10 bits per heavy atom. The number of alkyl halides is 3. The molecule has 0 bridgehead atoms. The standard InChI is InChI=1S/C15H13F4NO/c1-9-2-3-13(7-14(9)21)20-8-10-4-11(15(17,18)19)6-12(16)5-10/h2-7,20-21H,8H2,1H3. The van der Waals surface area contributed by atoms with Crippen molar-refractivity contribution in [2.75, 3.05) is 5.32 Å². The molecule has 2 rings (SSSR count). The van der Waals surface area contributed by atoms with E-state index >= 15 is 0 Å². The van der Waals surface area contributed by atoms with Crippen LogP contribution in [0.1, 0.15) is 16.7 Å². The van der Waals surface area contributed by atoms with E-state index in [1.165, 1.54) is 6.07 Å². The van der Waals surface area contributed by atoms with Gasteiger partial charge in [-0.15, -0.1) is 0 Å². The molecule has 0 amide bonds. The highest BCUT2D eigenvalue weighted by Gasteiger charge is 2.31. The first-order valence-corrected chi connectivity index (χ1v) is 6.16. The molecule has 2 aromatic carbocycles. The SMILES string of the molecule is Cc1ccc(NCc2cc(F)cc(C(F)(F)F)c2)cc1O. The van der Waals surface area contributed by atoms with Crippen molar-refractivity contribution < 1.29 is 22.7 Å². The molecular weight excluding hydrogens is 286 g/mol. The summed E-state index contributed by atoms with van der Waals surface area (Å²) in [7, 11) is 0. The van der Waals surface area contributed by atoms with Crippen LogP contribution >= 0.6 is 0 Å². The Labute approximate surface area is 119 Å². The number of anilines is 1. The highest BCUT2D eigenvalue weighted by Crippen LogP contribution is 2.30. The van der Waals surface area contributed by atoms with Crippen LogP contribution in [0.5, 0.6) is 5.75 Å². The normalized spacial score (nSPS) is 11.5. The average molecular weight is 299 g/mol. The fourth-order valence-corrected chi connectivity index (χ4v) is 1.84. The topological polar surface area (TPSA) is 32.3 Å². The van der Waals surface area contributed by atoms with E-state index in [1.807, 2.05) is 0 Å². The summed E-state index contributed by atoms with van der Waals surface area (Å²) in [4.78, 5) is 0. The summed E-state index contributed by atoms with van der Waals surface area (Å²) >= 11 is 0. The molecule has 2 N–H and O–H groups in total. The van der Waals surface area contributed by atoms with Gasteiger partial charge in [0.15, 0.2) is 0 Å². The van der Waals surface area contributed by atoms with E-state index in [9.17, 15) is 22.7 Å². The minimum absolute atomic E-state index is 0.0172. The molecule has 0 aliphatic carbocycles. The van der Waals surface area contributed by atoms with Crippen molar-refractivity contribution in [3.63, 3.8) is 0 Å². The maximum Gasteiger partial charge on any atom is 0.416 e. The van der Waals surface area contributed by atoms with Gasteiger partial charge in [-0.3, -0.25) is 0 Å². The van der Waals surface area contributed by atoms with Gasteiger partial charge < -0.3 is 10.4 Å². The number of halogens is 4. The van der Waals surface area contributed by atoms with Gasteiger partial charge in [0, 0.05) is 18.3 Å². The summed E-state index contributed by atoms with van der Waals surface area (Å²) in [5.41, 5.74) is 0.370. The van der Waals surface area contributed by atoms with Crippen LogP contribution < -0.4 is 5.32 Å². The second kappa shape index (κ2) is 5.63. The molecule has 0 saturated heterocycles. The van der Waals surface area contributed by atoms with Crippen molar-refractivity contribution in [2.45, 2.75) is 19.6 Å². The molecule has 0 aliphatic rings. The maximum atomic E-state index is 13.2. The lowest BCUT2D eigenvalue weighted by molar-refractivity contribution is -0.137. The highest BCUT2D eigenvalue weighted by atomic mass is 19.4. The third kappa shape index (κ3) is 3.87. The number of hydrogen-bond acceptors (Lipinski definition) is 2. The van der Waals surface area contributed by atoms with E-state index in [4.69, 9.17) is 0 Å². The van der Waals surface area contributed by atoms with E-state index in [2.05, 4.69) is 5.32 Å². The summed E-state index contributed by atoms with van der Waals surface area (Å²) in [6.07, 6.45) is -4.58. The third-order valence-corrected chi connectivity index (χ3v) is 2.99. The van der Waals surface area contributed by atoms with Gasteiger partial charge in [-0.2, -0.15) is 13.2 Å². The lowest BCUT2D eigenvalue weighted by Gasteiger charge is -2.11. The van der Waals surface area contributed by atoms with Gasteiger partial charge in [0.05, 0.1) is 5.56 Å². The number of aryl methyl sites for hydroxylation is 1. The van der Waals surface area contributed by atoms with Crippen molar-refractivity contribution in [1.29, 1.82) is 0 Å². The van der Waals surface area contributed by atoms with Crippen molar-refractivity contribution >= 4 is 5.69 Å². The Morgan fingerprint density at radius 3 is 2.43 bits per heavy atom. The smallest absolute Gasteiger partial charge is 0.416 e. The summed E-state index contributed by atoms with van der Waals surface area (Å²) in [5.74, 6) is -0.858. The largest absolute Gasteiger partial charge is 0.508 e. The van der Waals surface area contributed by atoms with E-state index in [0.29, 0.717) is 17.3 Å². The summed E-state index contributed by atoms with van der Waals surface area (Å²) in [5, 5.41) is 12.4. The van der Waals surface area contributed by atoms with E-state index in [0.717, 1.165) is 12.1 Å². The molecule has 0 unspecified atom stereocenters. The van der Waals surface area contributed by atoms with Gasteiger partial charge in [0.1, 0.15) is 11.6 Å². The second-order valence-corrected chi connectivity index (χ2v) is 4.70. The number of benzene rings is 2. The van der Waals surface area contributed by atoms with Gasteiger partial charge in [0.2, 0.25) is 0 Å². The first kappa shape index (κ1) is 15.2. The first-order valence-electron chi connectivity index (χ1n) is 6.16. The van der Waals surface area contributed by atoms with Crippen LogP contribution in [-0.2, 0) is 12.7 Å². The lowest BCUT2D eigenvalue weighted by Crippen LogP contribution is -2.08. The number of hydrogen-bond donors (Lipinski definition) is 2. The Hall–Kier alpha value is -2.24. The van der Waals surface area contributed by atoms with E-state index in [1.54, 1.807) is 19.1 Å². The van der Waals surface area contributed by atoms with E-state index < -0.39 is 17.6 Å². The maximum absolute atomic E-state index is 13.2. The van der Waals surface area contributed by atoms with Crippen LogP contribution in [0.25, 0.3) is 0 Å². The molecule has 0 saturated carbocycles. The van der Waals surface area contributed by atoms with Gasteiger partial charge in [0.25, 0.3) is 0 Å². The average Bonchev–Trinajstić information content (AvgIpc) is 2.38. The van der Waals surface area contributed by atoms with Crippen LogP contribution in [0, 0.1) is 12.7 Å². The van der Waals surface area contributed by atoms with Crippen molar-refractivity contribution in [1.82, 2.24) is 0 Å². The van der Waals surface area contributed by atoms with E-state index in [-0.39, 0.29) is 17.9 Å². The minimum Gasteiger partial charge on any atom is -0.508 e. The molecule has 112 valence electrons. The Kier molecular flexibility index (Phi) is 4.06. The monoisotopic (exact) mass is 299 g/mol. The van der Waals surface area contributed by atoms with Crippen molar-refractivity contribution in [3.05, 3.63) is 58.9 Å². The molecule has 2 nitrogen and oxygen atoms in total.